The molecule has 0 N–H and O–H groups in total. The summed E-state index contributed by atoms with van der Waals surface area (Å²) in [5.74, 6) is 0.411. The molecule has 1 amide bonds. The third kappa shape index (κ3) is 3.50. The number of ether oxygens (including phenoxy) is 1. The van der Waals surface area contributed by atoms with Gasteiger partial charge in [0.2, 0.25) is 0 Å². The normalized spacial score (nSPS) is 21.8. The Morgan fingerprint density at radius 3 is 2.41 bits per heavy atom. The van der Waals surface area contributed by atoms with Crippen molar-refractivity contribution in [1.82, 2.24) is 4.90 Å². The van der Waals surface area contributed by atoms with E-state index in [2.05, 4.69) is 0 Å². The molecule has 2 fully saturated rings. The average molecular weight is 323 g/mol. The maximum absolute atomic E-state index is 12.7. The van der Waals surface area contributed by atoms with Crippen molar-refractivity contribution < 1.29 is 17.9 Å². The highest BCUT2D eigenvalue weighted by Gasteiger charge is 2.35. The van der Waals surface area contributed by atoms with Gasteiger partial charge in [0.25, 0.3) is 5.91 Å². The van der Waals surface area contributed by atoms with Crippen LogP contribution in [0.25, 0.3) is 0 Å². The molecule has 1 saturated heterocycles. The summed E-state index contributed by atoms with van der Waals surface area (Å²) in [6.07, 6.45) is 4.28. The number of carbonyl (C=O) groups excluding carboxylic acids is 1. The van der Waals surface area contributed by atoms with E-state index in [0.29, 0.717) is 17.5 Å². The summed E-state index contributed by atoms with van der Waals surface area (Å²) >= 11 is 0. The number of rotatable bonds is 5. The van der Waals surface area contributed by atoms with E-state index in [1.165, 1.54) is 18.4 Å². The van der Waals surface area contributed by atoms with E-state index in [1.54, 1.807) is 12.1 Å². The first-order chi connectivity index (χ1) is 10.4. The Balaban J connectivity index is 1.75. The first-order valence-electron chi connectivity index (χ1n) is 7.64. The van der Waals surface area contributed by atoms with Crippen LogP contribution >= 0.6 is 0 Å². The van der Waals surface area contributed by atoms with Crippen molar-refractivity contribution in [3.63, 3.8) is 0 Å². The van der Waals surface area contributed by atoms with Gasteiger partial charge in [0.1, 0.15) is 0 Å². The fourth-order valence-corrected chi connectivity index (χ4v) is 3.43. The van der Waals surface area contributed by atoms with Crippen LogP contribution in [0.3, 0.4) is 0 Å². The third-order valence-electron chi connectivity index (χ3n) is 4.26. The highest BCUT2D eigenvalue weighted by molar-refractivity contribution is 7.90. The zero-order valence-electron chi connectivity index (χ0n) is 12.7. The van der Waals surface area contributed by atoms with Gasteiger partial charge in [0.15, 0.2) is 9.84 Å². The van der Waals surface area contributed by atoms with Crippen molar-refractivity contribution >= 4 is 15.7 Å². The van der Waals surface area contributed by atoms with Gasteiger partial charge >= 0.3 is 0 Å². The first-order valence-corrected chi connectivity index (χ1v) is 9.53. The van der Waals surface area contributed by atoms with E-state index in [4.69, 9.17) is 4.74 Å². The van der Waals surface area contributed by atoms with Crippen LogP contribution in [0.15, 0.2) is 29.2 Å². The number of hydrogen-bond acceptors (Lipinski definition) is 4. The van der Waals surface area contributed by atoms with Crippen molar-refractivity contribution in [3.8, 4) is 0 Å². The van der Waals surface area contributed by atoms with Crippen LogP contribution in [0.4, 0.5) is 0 Å². The summed E-state index contributed by atoms with van der Waals surface area (Å²) in [4.78, 5) is 14.9. The van der Waals surface area contributed by atoms with Crippen LogP contribution < -0.4 is 0 Å². The van der Waals surface area contributed by atoms with Gasteiger partial charge in [-0.05, 0) is 43.5 Å². The summed E-state index contributed by atoms with van der Waals surface area (Å²) in [5, 5.41) is 0. The number of benzene rings is 1. The smallest absolute Gasteiger partial charge is 0.254 e. The summed E-state index contributed by atoms with van der Waals surface area (Å²) in [6.45, 7) is 2.24. The van der Waals surface area contributed by atoms with Crippen LogP contribution in [0.2, 0.25) is 0 Å². The van der Waals surface area contributed by atoms with Crippen LogP contribution in [-0.2, 0) is 14.6 Å². The maximum Gasteiger partial charge on any atom is 0.254 e. The molecule has 3 rings (SSSR count). The Morgan fingerprint density at radius 2 is 1.91 bits per heavy atom. The van der Waals surface area contributed by atoms with E-state index >= 15 is 0 Å². The van der Waals surface area contributed by atoms with Gasteiger partial charge in [0.05, 0.1) is 11.5 Å². The average Bonchev–Trinajstić information content (AvgIpc) is 3.20. The van der Waals surface area contributed by atoms with E-state index in [9.17, 15) is 13.2 Å². The minimum absolute atomic E-state index is 0.00514. The van der Waals surface area contributed by atoms with Crippen molar-refractivity contribution in [2.24, 2.45) is 5.92 Å². The fraction of sp³-hybridized carbons (Fsp3) is 0.562. The lowest BCUT2D eigenvalue weighted by molar-refractivity contribution is 0.0706. The largest absolute Gasteiger partial charge is 0.381 e. The molecule has 22 heavy (non-hydrogen) atoms. The molecule has 1 saturated carbocycles. The zero-order valence-corrected chi connectivity index (χ0v) is 13.5. The molecule has 0 radical (unpaired) electrons. The lowest BCUT2D eigenvalue weighted by Gasteiger charge is -2.25. The summed E-state index contributed by atoms with van der Waals surface area (Å²) in [7, 11) is -3.23. The summed E-state index contributed by atoms with van der Waals surface area (Å²) < 4.78 is 28.4. The van der Waals surface area contributed by atoms with E-state index in [0.717, 1.165) is 39.0 Å². The van der Waals surface area contributed by atoms with Gasteiger partial charge in [0, 0.05) is 36.9 Å². The number of carbonyl (C=O) groups is 1. The number of sulfone groups is 1. The second-order valence-corrected chi connectivity index (χ2v) is 8.23. The van der Waals surface area contributed by atoms with Crippen molar-refractivity contribution in [3.05, 3.63) is 29.8 Å². The van der Waals surface area contributed by atoms with Gasteiger partial charge in [-0.25, -0.2) is 8.42 Å². The summed E-state index contributed by atoms with van der Waals surface area (Å²) in [5.41, 5.74) is 0.554. The molecule has 1 aromatic rings. The molecule has 0 spiro atoms. The second kappa shape index (κ2) is 6.01. The number of amides is 1. The van der Waals surface area contributed by atoms with Crippen LogP contribution in [0.1, 0.15) is 29.6 Å². The molecule has 120 valence electrons. The molecule has 1 atom stereocenters. The van der Waals surface area contributed by atoms with E-state index < -0.39 is 9.84 Å². The number of nitrogens with zero attached hydrogens (tertiary/aromatic N) is 1. The Kier molecular flexibility index (Phi) is 4.23. The lowest BCUT2D eigenvalue weighted by Crippen LogP contribution is -2.37. The highest BCUT2D eigenvalue weighted by Crippen LogP contribution is 2.30. The predicted molar refractivity (Wildman–Crippen MR) is 82.5 cm³/mol. The molecule has 1 aliphatic carbocycles. The third-order valence-corrected chi connectivity index (χ3v) is 5.39. The highest BCUT2D eigenvalue weighted by atomic mass is 32.2. The molecular formula is C16H21NO4S. The molecule has 5 nitrogen and oxygen atoms in total. The van der Waals surface area contributed by atoms with Crippen LogP contribution in [0.5, 0.6) is 0 Å². The van der Waals surface area contributed by atoms with Crippen molar-refractivity contribution in [2.75, 3.05) is 26.0 Å². The molecule has 1 aromatic carbocycles. The van der Waals surface area contributed by atoms with Gasteiger partial charge in [-0.2, -0.15) is 0 Å². The van der Waals surface area contributed by atoms with Gasteiger partial charge in [-0.15, -0.1) is 0 Å². The fourth-order valence-electron chi connectivity index (χ4n) is 2.80. The molecule has 0 bridgehead atoms. The molecule has 1 aliphatic heterocycles. The van der Waals surface area contributed by atoms with Gasteiger partial charge in [-0.3, -0.25) is 4.79 Å². The number of hydrogen-bond donors (Lipinski definition) is 0. The minimum Gasteiger partial charge on any atom is -0.381 e. The minimum atomic E-state index is -3.23. The second-order valence-electron chi connectivity index (χ2n) is 6.21. The van der Waals surface area contributed by atoms with Crippen LogP contribution in [-0.4, -0.2) is 51.3 Å². The van der Waals surface area contributed by atoms with Crippen LogP contribution in [0, 0.1) is 5.92 Å². The van der Waals surface area contributed by atoms with E-state index in [1.807, 2.05) is 4.90 Å². The first kappa shape index (κ1) is 15.5. The monoisotopic (exact) mass is 323 g/mol. The molecule has 1 heterocycles. The van der Waals surface area contributed by atoms with Crippen molar-refractivity contribution in [2.45, 2.75) is 30.2 Å². The Labute approximate surface area is 131 Å². The summed E-state index contributed by atoms with van der Waals surface area (Å²) in [6, 6.07) is 6.57. The maximum atomic E-state index is 12.7. The van der Waals surface area contributed by atoms with Crippen molar-refractivity contribution in [1.29, 1.82) is 0 Å². The molecule has 6 heteroatoms. The quantitative estimate of drug-likeness (QED) is 0.828. The molecule has 2 aliphatic rings. The SMILES string of the molecule is CS(=O)(=O)c1ccc(C(=O)N(C[C@@H]2CCOC2)C2CC2)cc1. The molecule has 0 aromatic heterocycles. The van der Waals surface area contributed by atoms with Gasteiger partial charge < -0.3 is 9.64 Å². The predicted octanol–water partition coefficient (Wildman–Crippen LogP) is 1.73. The van der Waals surface area contributed by atoms with Gasteiger partial charge in [-0.1, -0.05) is 0 Å². The Bertz CT molecular complexity index is 643. The Morgan fingerprint density at radius 1 is 1.23 bits per heavy atom. The van der Waals surface area contributed by atoms with E-state index in [-0.39, 0.29) is 10.8 Å². The standard InChI is InChI=1S/C16H21NO4S/c1-22(19,20)15-6-2-13(3-7-15)16(18)17(14-4-5-14)10-12-8-9-21-11-12/h2-3,6-7,12,14H,4-5,8-11H2,1H3/t12-/m0/s1. The molecule has 0 unspecified atom stereocenters. The Hall–Kier alpha value is -1.40. The lowest BCUT2D eigenvalue weighted by atomic mass is 10.1. The molecular weight excluding hydrogens is 302 g/mol. The zero-order chi connectivity index (χ0) is 15.7. The topological polar surface area (TPSA) is 63.7 Å².